The van der Waals surface area contributed by atoms with Gasteiger partial charge in [0.05, 0.1) is 13.2 Å². The van der Waals surface area contributed by atoms with Crippen molar-refractivity contribution in [3.05, 3.63) is 64.7 Å². The number of hydrogen-bond acceptors (Lipinski definition) is 6. The van der Waals surface area contributed by atoms with E-state index in [4.69, 9.17) is 24.4 Å². The van der Waals surface area contributed by atoms with Gasteiger partial charge in [0.1, 0.15) is 18.6 Å². The molecule has 2 aromatic rings. The molecule has 180 valence electrons. The summed E-state index contributed by atoms with van der Waals surface area (Å²) in [4.78, 5) is 11.0. The number of aryl methyl sites for hydroxylation is 2. The number of ether oxygens (including phenoxy) is 3. The van der Waals surface area contributed by atoms with Gasteiger partial charge in [-0.05, 0) is 50.3 Å². The van der Waals surface area contributed by atoms with Gasteiger partial charge in [0.15, 0.2) is 6.29 Å². The fourth-order valence-electron chi connectivity index (χ4n) is 2.83. The van der Waals surface area contributed by atoms with Crippen molar-refractivity contribution in [2.45, 2.75) is 60.4 Å². The van der Waals surface area contributed by atoms with E-state index in [0.29, 0.717) is 12.2 Å². The van der Waals surface area contributed by atoms with Crippen molar-refractivity contribution in [2.24, 2.45) is 0 Å². The molecule has 0 fully saturated rings. The standard InChI is InChI=1S/C18H20O2.C6H14O2.C2H6O2/c1-3-14-10-7-11-15(4-2)18(14)20-13-17-9-6-5-8-16(17)12-19;1-4-7-6(3)8-5-2;3-1-2-4/h5-12H,3-4,13H2,1-2H3;6H,4-5H2,1-3H3;3-4H,1-2H2. The lowest BCUT2D eigenvalue weighted by Gasteiger charge is -2.15. The van der Waals surface area contributed by atoms with E-state index >= 15 is 0 Å². The molecule has 0 saturated heterocycles. The van der Waals surface area contributed by atoms with Crippen molar-refractivity contribution in [1.82, 2.24) is 0 Å². The van der Waals surface area contributed by atoms with Crippen LogP contribution in [-0.4, -0.2) is 49.2 Å². The predicted molar refractivity (Wildman–Crippen MR) is 128 cm³/mol. The van der Waals surface area contributed by atoms with Crippen LogP contribution in [-0.2, 0) is 28.9 Å². The van der Waals surface area contributed by atoms with Crippen LogP contribution < -0.4 is 4.74 Å². The van der Waals surface area contributed by atoms with Crippen molar-refractivity contribution < 1.29 is 29.2 Å². The van der Waals surface area contributed by atoms with Gasteiger partial charge in [-0.1, -0.05) is 56.3 Å². The van der Waals surface area contributed by atoms with Gasteiger partial charge in [-0.3, -0.25) is 4.79 Å². The summed E-state index contributed by atoms with van der Waals surface area (Å²) < 4.78 is 16.1. The number of aliphatic hydroxyl groups is 2. The second kappa shape index (κ2) is 19.4. The van der Waals surface area contributed by atoms with Crippen LogP contribution in [0.25, 0.3) is 0 Å². The Balaban J connectivity index is 0.000000666. The maximum absolute atomic E-state index is 11.0. The average molecular weight is 449 g/mol. The average Bonchev–Trinajstić information content (AvgIpc) is 2.83. The number of benzene rings is 2. The molecule has 0 saturated carbocycles. The first-order valence-electron chi connectivity index (χ1n) is 11.2. The van der Waals surface area contributed by atoms with Crippen molar-refractivity contribution in [2.75, 3.05) is 26.4 Å². The monoisotopic (exact) mass is 448 g/mol. The van der Waals surface area contributed by atoms with Crippen LogP contribution in [0.5, 0.6) is 5.75 Å². The molecule has 0 atom stereocenters. The Morgan fingerprint density at radius 1 is 0.812 bits per heavy atom. The lowest BCUT2D eigenvalue weighted by atomic mass is 10.0. The van der Waals surface area contributed by atoms with Gasteiger partial charge in [-0.2, -0.15) is 0 Å². The molecule has 6 nitrogen and oxygen atoms in total. The summed E-state index contributed by atoms with van der Waals surface area (Å²) in [6, 6.07) is 13.8. The third-order valence-corrected chi connectivity index (χ3v) is 4.40. The van der Waals surface area contributed by atoms with Crippen molar-refractivity contribution in [3.63, 3.8) is 0 Å². The SMILES string of the molecule is CCOC(C)OCC.CCc1cccc(CC)c1OCc1ccccc1C=O.OCCO. The highest BCUT2D eigenvalue weighted by Crippen LogP contribution is 2.26. The van der Waals surface area contributed by atoms with Crippen LogP contribution in [0.15, 0.2) is 42.5 Å². The molecular formula is C26H40O6. The number of carbonyl (C=O) groups is 1. The Kier molecular flexibility index (Phi) is 18.1. The van der Waals surface area contributed by atoms with E-state index in [1.165, 1.54) is 11.1 Å². The first-order valence-corrected chi connectivity index (χ1v) is 11.2. The molecule has 0 aliphatic heterocycles. The summed E-state index contributed by atoms with van der Waals surface area (Å²) in [6.45, 7) is 11.7. The Labute approximate surface area is 193 Å². The molecule has 0 spiro atoms. The van der Waals surface area contributed by atoms with E-state index in [-0.39, 0.29) is 19.5 Å². The fraction of sp³-hybridized carbons (Fsp3) is 0.500. The van der Waals surface area contributed by atoms with Crippen LogP contribution in [0.3, 0.4) is 0 Å². The molecule has 0 aromatic heterocycles. The molecule has 32 heavy (non-hydrogen) atoms. The second-order valence-corrected chi connectivity index (χ2v) is 6.64. The zero-order chi connectivity index (χ0) is 24.2. The van der Waals surface area contributed by atoms with Gasteiger partial charge in [0.25, 0.3) is 0 Å². The highest BCUT2D eigenvalue weighted by molar-refractivity contribution is 5.77. The minimum absolute atomic E-state index is 0.0370. The minimum atomic E-state index is -0.125. The molecular weight excluding hydrogens is 408 g/mol. The summed E-state index contributed by atoms with van der Waals surface area (Å²) in [5.74, 6) is 0.971. The molecule has 0 amide bonds. The van der Waals surface area contributed by atoms with Crippen LogP contribution in [0.4, 0.5) is 0 Å². The molecule has 6 heteroatoms. The predicted octanol–water partition coefficient (Wildman–Crippen LogP) is 4.58. The van der Waals surface area contributed by atoms with Crippen LogP contribution in [0.2, 0.25) is 0 Å². The first kappa shape index (κ1) is 29.8. The van der Waals surface area contributed by atoms with Crippen molar-refractivity contribution in [3.8, 4) is 5.75 Å². The number of aliphatic hydroxyl groups excluding tert-OH is 2. The molecule has 2 rings (SSSR count). The summed E-state index contributed by atoms with van der Waals surface area (Å²) >= 11 is 0. The maximum atomic E-state index is 11.0. The van der Waals surface area contributed by atoms with Crippen LogP contribution in [0, 0.1) is 0 Å². The fourth-order valence-corrected chi connectivity index (χ4v) is 2.83. The molecule has 0 aliphatic rings. The van der Waals surface area contributed by atoms with E-state index < -0.39 is 0 Å². The number of rotatable bonds is 11. The zero-order valence-electron chi connectivity index (χ0n) is 20.2. The van der Waals surface area contributed by atoms with E-state index in [1.54, 1.807) is 0 Å². The van der Waals surface area contributed by atoms with Gasteiger partial charge in [-0.25, -0.2) is 0 Å². The van der Waals surface area contributed by atoms with Gasteiger partial charge in [-0.15, -0.1) is 0 Å². The van der Waals surface area contributed by atoms with Gasteiger partial charge in [0, 0.05) is 18.8 Å². The lowest BCUT2D eigenvalue weighted by molar-refractivity contribution is -0.123. The minimum Gasteiger partial charge on any atom is -0.488 e. The summed E-state index contributed by atoms with van der Waals surface area (Å²) in [5.41, 5.74) is 4.05. The Bertz CT molecular complexity index is 702. The summed E-state index contributed by atoms with van der Waals surface area (Å²) in [7, 11) is 0. The van der Waals surface area contributed by atoms with Gasteiger partial charge in [0.2, 0.25) is 0 Å². The molecule has 0 bridgehead atoms. The van der Waals surface area contributed by atoms with E-state index in [0.717, 1.165) is 43.7 Å². The molecule has 0 aliphatic carbocycles. The third kappa shape index (κ3) is 12.0. The molecule has 2 N–H and O–H groups in total. The maximum Gasteiger partial charge on any atom is 0.154 e. The largest absolute Gasteiger partial charge is 0.488 e. The zero-order valence-corrected chi connectivity index (χ0v) is 20.2. The summed E-state index contributed by atoms with van der Waals surface area (Å²) in [6.07, 6.45) is 2.73. The quantitative estimate of drug-likeness (QED) is 0.387. The Hall–Kier alpha value is -2.25. The smallest absolute Gasteiger partial charge is 0.154 e. The third-order valence-electron chi connectivity index (χ3n) is 4.40. The molecule has 0 heterocycles. The summed E-state index contributed by atoms with van der Waals surface area (Å²) in [5, 5.41) is 15.2. The van der Waals surface area contributed by atoms with Crippen LogP contribution >= 0.6 is 0 Å². The number of aldehydes is 1. The van der Waals surface area contributed by atoms with E-state index in [9.17, 15) is 4.79 Å². The van der Waals surface area contributed by atoms with Crippen molar-refractivity contribution >= 4 is 6.29 Å². The highest BCUT2D eigenvalue weighted by atomic mass is 16.7. The Morgan fingerprint density at radius 3 is 1.75 bits per heavy atom. The molecule has 0 unspecified atom stereocenters. The Morgan fingerprint density at radius 2 is 1.31 bits per heavy atom. The lowest BCUT2D eigenvalue weighted by Crippen LogP contribution is -2.11. The normalized spacial score (nSPS) is 10.0. The first-order chi connectivity index (χ1) is 15.5. The highest BCUT2D eigenvalue weighted by Gasteiger charge is 2.09. The second-order valence-electron chi connectivity index (χ2n) is 6.64. The van der Waals surface area contributed by atoms with Gasteiger partial charge < -0.3 is 24.4 Å². The topological polar surface area (TPSA) is 85.2 Å². The van der Waals surface area contributed by atoms with Gasteiger partial charge >= 0.3 is 0 Å². The van der Waals surface area contributed by atoms with Crippen molar-refractivity contribution in [1.29, 1.82) is 0 Å². The number of para-hydroxylation sites is 1. The van der Waals surface area contributed by atoms with Crippen LogP contribution in [0.1, 0.15) is 61.7 Å². The number of carbonyl (C=O) groups excluding carboxylic acids is 1. The number of hydrogen-bond donors (Lipinski definition) is 2. The van der Waals surface area contributed by atoms with E-state index in [2.05, 4.69) is 32.0 Å². The van der Waals surface area contributed by atoms with E-state index in [1.807, 2.05) is 45.0 Å². The molecule has 2 aromatic carbocycles. The molecule has 0 radical (unpaired) electrons.